The first-order chi connectivity index (χ1) is 9.69. The van der Waals surface area contributed by atoms with E-state index in [0.717, 1.165) is 13.8 Å². The smallest absolute Gasteiger partial charge is 0.231 e. The molecule has 0 bridgehead atoms. The fourth-order valence-corrected chi connectivity index (χ4v) is 3.21. The van der Waals surface area contributed by atoms with Crippen LogP contribution in [0.4, 0.5) is 5.69 Å². The van der Waals surface area contributed by atoms with E-state index in [1.54, 1.807) is 12.1 Å². The summed E-state index contributed by atoms with van der Waals surface area (Å²) in [6, 6.07) is 7.27. The summed E-state index contributed by atoms with van der Waals surface area (Å²) in [5, 5.41) is 11.7. The third-order valence-corrected chi connectivity index (χ3v) is 4.25. The molecule has 20 heavy (non-hydrogen) atoms. The Hall–Kier alpha value is -1.92. The Bertz CT molecular complexity index is 817. The molecule has 3 rings (SSSR count). The molecule has 0 aliphatic carbocycles. The Morgan fingerprint density at radius 3 is 2.95 bits per heavy atom. The highest BCUT2D eigenvalue weighted by molar-refractivity contribution is 14.1. The maximum Gasteiger partial charge on any atom is 0.231 e. The van der Waals surface area contributed by atoms with Crippen LogP contribution >= 0.6 is 33.9 Å². The van der Waals surface area contributed by atoms with Crippen LogP contribution in [-0.2, 0) is 0 Å². The van der Waals surface area contributed by atoms with Crippen molar-refractivity contribution in [2.45, 2.75) is 0 Å². The van der Waals surface area contributed by atoms with E-state index in [1.165, 1.54) is 17.7 Å². The Kier molecular flexibility index (Phi) is 3.42. The number of fused-ring (bicyclic) bond motifs is 1. The van der Waals surface area contributed by atoms with Gasteiger partial charge < -0.3 is 10.5 Å². The Balaban J connectivity index is 2.08. The molecule has 2 N–H and O–H groups in total. The topological polar surface area (TPSA) is 84.8 Å². The summed E-state index contributed by atoms with van der Waals surface area (Å²) in [7, 11) is 0. The largest absolute Gasteiger partial charge is 0.435 e. The average molecular weight is 394 g/mol. The van der Waals surface area contributed by atoms with Gasteiger partial charge in [0.2, 0.25) is 5.88 Å². The molecule has 3 aromatic rings. The number of thiophene rings is 1. The number of aromatic nitrogens is 2. The van der Waals surface area contributed by atoms with Crippen molar-refractivity contribution in [2.24, 2.45) is 0 Å². The van der Waals surface area contributed by atoms with E-state index in [9.17, 15) is 0 Å². The van der Waals surface area contributed by atoms with Crippen molar-refractivity contribution >= 4 is 49.8 Å². The Morgan fingerprint density at radius 1 is 1.35 bits per heavy atom. The van der Waals surface area contributed by atoms with E-state index in [1.807, 2.05) is 11.4 Å². The summed E-state index contributed by atoms with van der Waals surface area (Å²) in [6.45, 7) is 0. The second-order valence-corrected chi connectivity index (χ2v) is 5.97. The van der Waals surface area contributed by atoms with Gasteiger partial charge in [0.15, 0.2) is 5.75 Å². The summed E-state index contributed by atoms with van der Waals surface area (Å²) in [6.07, 6.45) is 1.46. The van der Waals surface area contributed by atoms with E-state index in [-0.39, 0.29) is 0 Å². The van der Waals surface area contributed by atoms with Gasteiger partial charge in [-0.1, -0.05) is 0 Å². The molecule has 0 spiro atoms. The lowest BCUT2D eigenvalue weighted by molar-refractivity contribution is 0.467. The maximum absolute atomic E-state index is 8.91. The molecule has 0 unspecified atom stereocenters. The van der Waals surface area contributed by atoms with E-state index in [2.05, 4.69) is 38.6 Å². The minimum atomic E-state index is 0.412. The molecule has 0 saturated heterocycles. The van der Waals surface area contributed by atoms with Crippen LogP contribution in [0.25, 0.3) is 10.2 Å². The molecule has 2 aromatic heterocycles. The van der Waals surface area contributed by atoms with E-state index < -0.39 is 0 Å². The second-order valence-electron chi connectivity index (χ2n) is 3.91. The van der Waals surface area contributed by atoms with Crippen molar-refractivity contribution in [3.63, 3.8) is 0 Å². The third kappa shape index (κ3) is 2.28. The number of ether oxygens (including phenoxy) is 1. The zero-order valence-electron chi connectivity index (χ0n) is 10.0. The van der Waals surface area contributed by atoms with Crippen LogP contribution in [0.15, 0.2) is 29.9 Å². The molecule has 0 aliphatic heterocycles. The lowest BCUT2D eigenvalue weighted by atomic mass is 10.2. The van der Waals surface area contributed by atoms with Gasteiger partial charge in [0.1, 0.15) is 11.2 Å². The molecular weight excluding hydrogens is 387 g/mol. The maximum atomic E-state index is 8.91. The number of benzene rings is 1. The molecule has 1 aromatic carbocycles. The van der Waals surface area contributed by atoms with Crippen molar-refractivity contribution in [1.82, 2.24) is 9.97 Å². The number of rotatable bonds is 2. The molecule has 2 heterocycles. The van der Waals surface area contributed by atoms with Gasteiger partial charge in [-0.2, -0.15) is 5.26 Å². The minimum absolute atomic E-state index is 0.412. The lowest BCUT2D eigenvalue weighted by Crippen LogP contribution is -1.97. The number of nitrogens with two attached hydrogens (primary N) is 1. The van der Waals surface area contributed by atoms with Gasteiger partial charge >= 0.3 is 0 Å². The number of halogens is 1. The van der Waals surface area contributed by atoms with Gasteiger partial charge in [-0.05, 0) is 46.2 Å². The predicted octanol–water partition coefficient (Wildman–Crippen LogP) is 3.54. The van der Waals surface area contributed by atoms with Crippen molar-refractivity contribution in [3.05, 3.63) is 39.0 Å². The molecule has 0 aliphatic rings. The summed E-state index contributed by atoms with van der Waals surface area (Å²) < 4.78 is 6.59. The Morgan fingerprint density at radius 2 is 2.20 bits per heavy atom. The summed E-state index contributed by atoms with van der Waals surface area (Å²) >= 11 is 3.61. The van der Waals surface area contributed by atoms with Gasteiger partial charge in [-0.25, -0.2) is 9.97 Å². The van der Waals surface area contributed by atoms with Crippen LogP contribution in [0.3, 0.4) is 0 Å². The fraction of sp³-hybridized carbons (Fsp3) is 0. The van der Waals surface area contributed by atoms with Crippen LogP contribution in [-0.4, -0.2) is 9.97 Å². The van der Waals surface area contributed by atoms with Crippen molar-refractivity contribution < 1.29 is 4.74 Å². The van der Waals surface area contributed by atoms with Gasteiger partial charge in [0, 0.05) is 0 Å². The van der Waals surface area contributed by atoms with Gasteiger partial charge in [0.05, 0.1) is 26.3 Å². The quantitative estimate of drug-likeness (QED) is 0.531. The first-order valence-electron chi connectivity index (χ1n) is 5.54. The molecular formula is C13H7IN4OS. The molecule has 0 fully saturated rings. The van der Waals surface area contributed by atoms with E-state index >= 15 is 0 Å². The molecule has 0 radical (unpaired) electrons. The number of nitrogens with zero attached hydrogens (tertiary/aromatic N) is 3. The van der Waals surface area contributed by atoms with Crippen LogP contribution in [0.2, 0.25) is 0 Å². The SMILES string of the molecule is N#Cc1cc(N)c(Oc2ncnc3sccc23)c(I)c1. The average Bonchev–Trinajstić information content (AvgIpc) is 2.91. The molecule has 5 nitrogen and oxygen atoms in total. The van der Waals surface area contributed by atoms with Gasteiger partial charge in [0.25, 0.3) is 0 Å². The zero-order valence-corrected chi connectivity index (χ0v) is 13.0. The monoisotopic (exact) mass is 394 g/mol. The third-order valence-electron chi connectivity index (χ3n) is 2.63. The molecule has 7 heteroatoms. The summed E-state index contributed by atoms with van der Waals surface area (Å²) in [5.41, 5.74) is 6.86. The van der Waals surface area contributed by atoms with Crippen molar-refractivity contribution in [1.29, 1.82) is 5.26 Å². The van der Waals surface area contributed by atoms with Gasteiger partial charge in [-0.15, -0.1) is 11.3 Å². The highest BCUT2D eigenvalue weighted by Gasteiger charge is 2.13. The van der Waals surface area contributed by atoms with Crippen LogP contribution < -0.4 is 10.5 Å². The van der Waals surface area contributed by atoms with Crippen LogP contribution in [0.1, 0.15) is 5.56 Å². The first-order valence-corrected chi connectivity index (χ1v) is 7.50. The van der Waals surface area contributed by atoms with E-state index in [4.69, 9.17) is 15.7 Å². The molecule has 0 atom stereocenters. The summed E-state index contributed by atoms with van der Waals surface area (Å²) in [4.78, 5) is 9.17. The van der Waals surface area contributed by atoms with Crippen LogP contribution in [0.5, 0.6) is 11.6 Å². The highest BCUT2D eigenvalue weighted by atomic mass is 127. The van der Waals surface area contributed by atoms with Crippen LogP contribution in [0, 0.1) is 14.9 Å². The minimum Gasteiger partial charge on any atom is -0.435 e. The van der Waals surface area contributed by atoms with Gasteiger partial charge in [-0.3, -0.25) is 0 Å². The standard InChI is InChI=1S/C13H7IN4OS/c14-9-3-7(5-15)4-10(16)11(9)19-12-8-1-2-20-13(8)18-6-17-12/h1-4,6H,16H2. The molecule has 0 saturated carbocycles. The number of hydrogen-bond donors (Lipinski definition) is 1. The first kappa shape index (κ1) is 13.1. The van der Waals surface area contributed by atoms with E-state index in [0.29, 0.717) is 22.9 Å². The molecule has 0 amide bonds. The number of anilines is 1. The number of hydrogen-bond acceptors (Lipinski definition) is 6. The lowest BCUT2D eigenvalue weighted by Gasteiger charge is -2.10. The van der Waals surface area contributed by atoms with Crippen molar-refractivity contribution in [2.75, 3.05) is 5.73 Å². The van der Waals surface area contributed by atoms with Crippen molar-refractivity contribution in [3.8, 4) is 17.7 Å². The number of nitriles is 1. The fourth-order valence-electron chi connectivity index (χ4n) is 1.73. The zero-order chi connectivity index (χ0) is 14.1. The Labute approximate surface area is 132 Å². The highest BCUT2D eigenvalue weighted by Crippen LogP contribution is 2.35. The summed E-state index contributed by atoms with van der Waals surface area (Å²) in [5.74, 6) is 0.973. The number of nitrogen functional groups attached to an aromatic ring is 1. The predicted molar refractivity (Wildman–Crippen MR) is 85.8 cm³/mol. The second kappa shape index (κ2) is 5.22. The molecule has 98 valence electrons. The normalized spacial score (nSPS) is 10.4.